The Hall–Kier alpha value is -1.53. The van der Waals surface area contributed by atoms with E-state index in [9.17, 15) is 13.2 Å². The average Bonchev–Trinajstić information content (AvgIpc) is 3.09. The SMILES string of the molecule is CCNc1cc(NC2(C(F)(F)F)CC2)nc(CC)n1. The second-order valence-corrected chi connectivity index (χ2v) is 4.64. The van der Waals surface area contributed by atoms with Gasteiger partial charge >= 0.3 is 6.18 Å². The minimum atomic E-state index is -4.25. The number of hydrogen-bond acceptors (Lipinski definition) is 4. The molecule has 0 atom stereocenters. The van der Waals surface area contributed by atoms with Crippen LogP contribution in [0, 0.1) is 0 Å². The van der Waals surface area contributed by atoms with E-state index in [1.807, 2.05) is 13.8 Å². The maximum atomic E-state index is 12.9. The number of aryl methyl sites for hydroxylation is 1. The molecule has 2 rings (SSSR count). The summed E-state index contributed by atoms with van der Waals surface area (Å²) in [6.07, 6.45) is -3.48. The Balaban J connectivity index is 2.22. The van der Waals surface area contributed by atoms with Gasteiger partial charge < -0.3 is 10.6 Å². The summed E-state index contributed by atoms with van der Waals surface area (Å²) in [5.74, 6) is 1.31. The third kappa shape index (κ3) is 2.90. The van der Waals surface area contributed by atoms with Crippen molar-refractivity contribution in [3.63, 3.8) is 0 Å². The topological polar surface area (TPSA) is 49.8 Å². The Morgan fingerprint density at radius 1 is 1.21 bits per heavy atom. The number of alkyl halides is 3. The Morgan fingerprint density at radius 2 is 1.84 bits per heavy atom. The predicted molar refractivity (Wildman–Crippen MR) is 67.2 cm³/mol. The van der Waals surface area contributed by atoms with Crippen LogP contribution in [0.1, 0.15) is 32.5 Å². The van der Waals surface area contributed by atoms with Crippen molar-refractivity contribution in [2.75, 3.05) is 17.2 Å². The lowest BCUT2D eigenvalue weighted by molar-refractivity contribution is -0.151. The lowest BCUT2D eigenvalue weighted by Gasteiger charge is -2.21. The molecule has 4 nitrogen and oxygen atoms in total. The Bertz CT molecular complexity index is 455. The van der Waals surface area contributed by atoms with E-state index in [0.717, 1.165) is 0 Å². The van der Waals surface area contributed by atoms with Gasteiger partial charge in [-0.3, -0.25) is 0 Å². The van der Waals surface area contributed by atoms with E-state index in [2.05, 4.69) is 20.6 Å². The number of anilines is 2. The molecular weight excluding hydrogens is 257 g/mol. The van der Waals surface area contributed by atoms with Gasteiger partial charge in [-0.25, -0.2) is 9.97 Å². The maximum absolute atomic E-state index is 12.9. The van der Waals surface area contributed by atoms with Gasteiger partial charge in [-0.2, -0.15) is 13.2 Å². The van der Waals surface area contributed by atoms with E-state index in [4.69, 9.17) is 0 Å². The molecule has 0 aromatic carbocycles. The van der Waals surface area contributed by atoms with Crippen LogP contribution in [0.25, 0.3) is 0 Å². The molecule has 1 aliphatic rings. The Labute approximate surface area is 109 Å². The number of aromatic nitrogens is 2. The van der Waals surface area contributed by atoms with Gasteiger partial charge in [-0.05, 0) is 19.8 Å². The molecule has 106 valence electrons. The van der Waals surface area contributed by atoms with Crippen molar-refractivity contribution < 1.29 is 13.2 Å². The molecule has 1 aromatic heterocycles. The smallest absolute Gasteiger partial charge is 0.370 e. The first kappa shape index (κ1) is 13.9. The van der Waals surface area contributed by atoms with Gasteiger partial charge in [0.25, 0.3) is 0 Å². The van der Waals surface area contributed by atoms with Crippen LogP contribution in [0.4, 0.5) is 24.8 Å². The van der Waals surface area contributed by atoms with E-state index in [1.165, 1.54) is 6.07 Å². The van der Waals surface area contributed by atoms with Gasteiger partial charge in [0.2, 0.25) is 0 Å². The highest BCUT2D eigenvalue weighted by Gasteiger charge is 2.63. The summed E-state index contributed by atoms with van der Waals surface area (Å²) in [5.41, 5.74) is -1.80. The molecule has 1 aromatic rings. The molecule has 1 heterocycles. The van der Waals surface area contributed by atoms with Crippen molar-refractivity contribution in [3.05, 3.63) is 11.9 Å². The molecule has 7 heteroatoms. The van der Waals surface area contributed by atoms with Crippen molar-refractivity contribution in [1.29, 1.82) is 0 Å². The van der Waals surface area contributed by atoms with Crippen LogP contribution in [-0.4, -0.2) is 28.2 Å². The zero-order valence-corrected chi connectivity index (χ0v) is 10.9. The quantitative estimate of drug-likeness (QED) is 0.866. The third-order valence-electron chi connectivity index (χ3n) is 3.11. The van der Waals surface area contributed by atoms with E-state index in [0.29, 0.717) is 24.6 Å². The van der Waals surface area contributed by atoms with Crippen LogP contribution >= 0.6 is 0 Å². The van der Waals surface area contributed by atoms with Crippen LogP contribution in [-0.2, 0) is 6.42 Å². The molecule has 0 spiro atoms. The number of halogens is 3. The van der Waals surface area contributed by atoms with Gasteiger partial charge in [0.15, 0.2) is 0 Å². The summed E-state index contributed by atoms with van der Waals surface area (Å²) in [5, 5.41) is 5.52. The summed E-state index contributed by atoms with van der Waals surface area (Å²) in [6.45, 7) is 4.43. The number of hydrogen-bond donors (Lipinski definition) is 2. The van der Waals surface area contributed by atoms with Gasteiger partial charge in [0, 0.05) is 19.0 Å². The highest BCUT2D eigenvalue weighted by molar-refractivity contribution is 5.50. The highest BCUT2D eigenvalue weighted by Crippen LogP contribution is 2.51. The summed E-state index contributed by atoms with van der Waals surface area (Å²) >= 11 is 0. The van der Waals surface area contributed by atoms with Crippen LogP contribution < -0.4 is 10.6 Å². The fourth-order valence-electron chi connectivity index (χ4n) is 1.84. The van der Waals surface area contributed by atoms with E-state index >= 15 is 0 Å². The Kier molecular flexibility index (Phi) is 3.56. The molecule has 0 radical (unpaired) electrons. The lowest BCUT2D eigenvalue weighted by atomic mass is 10.2. The van der Waals surface area contributed by atoms with Crippen molar-refractivity contribution >= 4 is 11.6 Å². The zero-order valence-electron chi connectivity index (χ0n) is 10.9. The van der Waals surface area contributed by atoms with Crippen LogP contribution in [0.2, 0.25) is 0 Å². The highest BCUT2D eigenvalue weighted by atomic mass is 19.4. The fourth-order valence-corrected chi connectivity index (χ4v) is 1.84. The molecule has 0 bridgehead atoms. The molecule has 1 saturated carbocycles. The molecule has 0 amide bonds. The van der Waals surface area contributed by atoms with Crippen molar-refractivity contribution in [2.24, 2.45) is 0 Å². The first-order valence-corrected chi connectivity index (χ1v) is 6.37. The van der Waals surface area contributed by atoms with Crippen LogP contribution in [0.15, 0.2) is 6.07 Å². The minimum absolute atomic E-state index is 0.0957. The molecule has 19 heavy (non-hydrogen) atoms. The number of nitrogens with zero attached hydrogens (tertiary/aromatic N) is 2. The molecule has 0 unspecified atom stereocenters. The monoisotopic (exact) mass is 274 g/mol. The molecule has 1 fully saturated rings. The van der Waals surface area contributed by atoms with Crippen molar-refractivity contribution in [1.82, 2.24) is 9.97 Å². The van der Waals surface area contributed by atoms with E-state index in [1.54, 1.807) is 0 Å². The molecule has 0 aliphatic heterocycles. The molecular formula is C12H17F3N4. The minimum Gasteiger partial charge on any atom is -0.370 e. The summed E-state index contributed by atoms with van der Waals surface area (Å²) in [4.78, 5) is 8.32. The largest absolute Gasteiger partial charge is 0.411 e. The second-order valence-electron chi connectivity index (χ2n) is 4.64. The van der Waals surface area contributed by atoms with E-state index < -0.39 is 11.7 Å². The number of rotatable bonds is 5. The van der Waals surface area contributed by atoms with Crippen molar-refractivity contribution in [2.45, 2.75) is 44.8 Å². The standard InChI is InChI=1S/C12H17F3N4/c1-3-8-17-9(16-4-2)7-10(18-8)19-11(5-6-11)12(13,14)15/h7H,3-6H2,1-2H3,(H2,16,17,18,19). The van der Waals surface area contributed by atoms with Crippen molar-refractivity contribution in [3.8, 4) is 0 Å². The van der Waals surface area contributed by atoms with Gasteiger partial charge in [0.05, 0.1) is 0 Å². The molecule has 1 aliphatic carbocycles. The second kappa shape index (κ2) is 4.86. The summed E-state index contributed by atoms with van der Waals surface area (Å²) in [7, 11) is 0. The zero-order chi connectivity index (χ0) is 14.1. The van der Waals surface area contributed by atoms with Crippen LogP contribution in [0.5, 0.6) is 0 Å². The predicted octanol–water partition coefficient (Wildman–Crippen LogP) is 2.98. The van der Waals surface area contributed by atoms with Gasteiger partial charge in [-0.15, -0.1) is 0 Å². The van der Waals surface area contributed by atoms with Gasteiger partial charge in [0.1, 0.15) is 23.0 Å². The third-order valence-corrected chi connectivity index (χ3v) is 3.11. The van der Waals surface area contributed by atoms with E-state index in [-0.39, 0.29) is 18.7 Å². The fraction of sp³-hybridized carbons (Fsp3) is 0.667. The average molecular weight is 274 g/mol. The summed E-state index contributed by atoms with van der Waals surface area (Å²) in [6, 6.07) is 1.52. The molecule has 0 saturated heterocycles. The van der Waals surface area contributed by atoms with Gasteiger partial charge in [-0.1, -0.05) is 6.92 Å². The Morgan fingerprint density at radius 3 is 2.32 bits per heavy atom. The number of nitrogens with one attached hydrogen (secondary N) is 2. The maximum Gasteiger partial charge on any atom is 0.411 e. The lowest BCUT2D eigenvalue weighted by Crippen LogP contribution is -2.39. The first-order valence-electron chi connectivity index (χ1n) is 6.37. The first-order chi connectivity index (χ1) is 8.90. The molecule has 2 N–H and O–H groups in total. The summed E-state index contributed by atoms with van der Waals surface area (Å²) < 4.78 is 38.7. The normalized spacial score (nSPS) is 17.1. The van der Waals surface area contributed by atoms with Crippen LogP contribution in [0.3, 0.4) is 0 Å².